The smallest absolute Gasteiger partial charge is 0.270 e. The SMILES string of the molecule is COc1ccc(-c2nc(SCCOc3ccccc3)[nH]c(=O)c2C#N)cc1. The molecule has 0 fully saturated rings. The van der Waals surface area contributed by atoms with Crippen molar-refractivity contribution in [3.8, 4) is 28.8 Å². The van der Waals surface area contributed by atoms with Crippen LogP contribution in [0, 0.1) is 11.3 Å². The highest BCUT2D eigenvalue weighted by Gasteiger charge is 2.13. The lowest BCUT2D eigenvalue weighted by atomic mass is 10.1. The maximum absolute atomic E-state index is 12.3. The number of para-hydroxylation sites is 1. The summed E-state index contributed by atoms with van der Waals surface area (Å²) in [6.07, 6.45) is 0. The molecule has 0 aliphatic heterocycles. The van der Waals surface area contributed by atoms with E-state index in [4.69, 9.17) is 9.47 Å². The van der Waals surface area contributed by atoms with E-state index in [1.54, 1.807) is 31.4 Å². The molecule has 0 unspecified atom stereocenters. The van der Waals surface area contributed by atoms with Crippen LogP contribution in [0.4, 0.5) is 0 Å². The van der Waals surface area contributed by atoms with Crippen LogP contribution in [-0.4, -0.2) is 29.4 Å². The molecule has 3 aromatic rings. The lowest BCUT2D eigenvalue weighted by molar-refractivity contribution is 0.344. The summed E-state index contributed by atoms with van der Waals surface area (Å²) >= 11 is 1.36. The molecule has 0 aliphatic carbocycles. The largest absolute Gasteiger partial charge is 0.497 e. The molecular formula is C20H17N3O3S. The Morgan fingerprint density at radius 2 is 1.85 bits per heavy atom. The van der Waals surface area contributed by atoms with Gasteiger partial charge in [-0.05, 0) is 36.4 Å². The van der Waals surface area contributed by atoms with Crippen LogP contribution >= 0.6 is 11.8 Å². The number of aromatic amines is 1. The number of hydrogen-bond acceptors (Lipinski definition) is 6. The summed E-state index contributed by atoms with van der Waals surface area (Å²) in [5.41, 5.74) is 0.575. The van der Waals surface area contributed by atoms with E-state index in [1.807, 2.05) is 36.4 Å². The fourth-order valence-corrected chi connectivity index (χ4v) is 3.08. The standard InChI is InChI=1S/C20H17N3O3S/c1-25-15-9-7-14(8-10-15)18-17(13-21)19(24)23-20(22-18)27-12-11-26-16-5-3-2-4-6-16/h2-10H,11-12H2,1H3,(H,22,23,24). The number of ether oxygens (including phenoxy) is 2. The molecule has 2 aromatic carbocycles. The summed E-state index contributed by atoms with van der Waals surface area (Å²) in [5.74, 6) is 2.08. The zero-order chi connectivity index (χ0) is 19.1. The molecule has 3 rings (SSSR count). The molecule has 1 heterocycles. The van der Waals surface area contributed by atoms with Crippen LogP contribution in [0.25, 0.3) is 11.3 Å². The maximum atomic E-state index is 12.3. The van der Waals surface area contributed by atoms with Gasteiger partial charge in [-0.2, -0.15) is 5.26 Å². The normalized spacial score (nSPS) is 10.2. The van der Waals surface area contributed by atoms with E-state index in [1.165, 1.54) is 11.8 Å². The second-order valence-electron chi connectivity index (χ2n) is 5.44. The number of methoxy groups -OCH3 is 1. The average Bonchev–Trinajstić information content (AvgIpc) is 2.71. The topological polar surface area (TPSA) is 88.0 Å². The van der Waals surface area contributed by atoms with Gasteiger partial charge in [-0.15, -0.1) is 0 Å². The highest BCUT2D eigenvalue weighted by atomic mass is 32.2. The summed E-state index contributed by atoms with van der Waals surface area (Å²) in [7, 11) is 1.58. The highest BCUT2D eigenvalue weighted by Crippen LogP contribution is 2.24. The van der Waals surface area contributed by atoms with Crippen LogP contribution in [-0.2, 0) is 0 Å². The van der Waals surface area contributed by atoms with Gasteiger partial charge in [0.1, 0.15) is 23.1 Å². The second kappa shape index (κ2) is 8.92. The number of nitrogens with zero attached hydrogens (tertiary/aromatic N) is 2. The minimum atomic E-state index is -0.454. The Morgan fingerprint density at radius 3 is 2.52 bits per heavy atom. The Hall–Kier alpha value is -3.24. The quantitative estimate of drug-likeness (QED) is 0.384. The van der Waals surface area contributed by atoms with E-state index in [2.05, 4.69) is 9.97 Å². The molecule has 1 aromatic heterocycles. The molecule has 0 saturated heterocycles. The number of nitriles is 1. The Balaban J connectivity index is 1.75. The number of aromatic nitrogens is 2. The minimum Gasteiger partial charge on any atom is -0.497 e. The molecule has 27 heavy (non-hydrogen) atoms. The number of nitrogens with one attached hydrogen (secondary N) is 1. The molecule has 6 nitrogen and oxygen atoms in total. The lowest BCUT2D eigenvalue weighted by Crippen LogP contribution is -2.15. The highest BCUT2D eigenvalue weighted by molar-refractivity contribution is 7.99. The third kappa shape index (κ3) is 4.68. The number of H-pyrrole nitrogens is 1. The summed E-state index contributed by atoms with van der Waals surface area (Å²) in [4.78, 5) is 19.4. The number of thioether (sulfide) groups is 1. The van der Waals surface area contributed by atoms with Crippen LogP contribution in [0.15, 0.2) is 64.5 Å². The zero-order valence-corrected chi connectivity index (χ0v) is 15.5. The van der Waals surface area contributed by atoms with Gasteiger partial charge < -0.3 is 14.5 Å². The molecular weight excluding hydrogens is 362 g/mol. The Labute approximate surface area is 160 Å². The van der Waals surface area contributed by atoms with Gasteiger partial charge in [0.05, 0.1) is 19.4 Å². The van der Waals surface area contributed by atoms with Crippen molar-refractivity contribution in [3.63, 3.8) is 0 Å². The molecule has 7 heteroatoms. The minimum absolute atomic E-state index is 0.00921. The summed E-state index contributed by atoms with van der Waals surface area (Å²) in [6, 6.07) is 18.5. The van der Waals surface area contributed by atoms with Crippen molar-refractivity contribution in [2.24, 2.45) is 0 Å². The van der Waals surface area contributed by atoms with Crippen LogP contribution in [0.1, 0.15) is 5.56 Å². The fraction of sp³-hybridized carbons (Fsp3) is 0.150. The number of rotatable bonds is 7. The van der Waals surface area contributed by atoms with E-state index >= 15 is 0 Å². The van der Waals surface area contributed by atoms with Crippen molar-refractivity contribution < 1.29 is 9.47 Å². The Kier molecular flexibility index (Phi) is 6.13. The van der Waals surface area contributed by atoms with Crippen molar-refractivity contribution >= 4 is 11.8 Å². The van der Waals surface area contributed by atoms with Crippen molar-refractivity contribution in [1.82, 2.24) is 9.97 Å². The summed E-state index contributed by atoms with van der Waals surface area (Å²) in [6.45, 7) is 0.469. The van der Waals surface area contributed by atoms with Crippen molar-refractivity contribution in [2.45, 2.75) is 5.16 Å². The van der Waals surface area contributed by atoms with Crippen LogP contribution in [0.3, 0.4) is 0 Å². The van der Waals surface area contributed by atoms with Gasteiger partial charge in [0, 0.05) is 11.3 Å². The molecule has 0 aliphatic rings. The third-order valence-corrected chi connectivity index (χ3v) is 4.54. The average molecular weight is 379 g/mol. The fourth-order valence-electron chi connectivity index (χ4n) is 2.40. The van der Waals surface area contributed by atoms with Gasteiger partial charge in [-0.25, -0.2) is 4.98 Å². The van der Waals surface area contributed by atoms with E-state index < -0.39 is 5.56 Å². The molecule has 0 atom stereocenters. The van der Waals surface area contributed by atoms with Gasteiger partial charge in [0.15, 0.2) is 5.16 Å². The van der Waals surface area contributed by atoms with Crippen molar-refractivity contribution in [2.75, 3.05) is 19.5 Å². The van der Waals surface area contributed by atoms with Crippen LogP contribution in [0.5, 0.6) is 11.5 Å². The first-order valence-electron chi connectivity index (χ1n) is 8.20. The first-order valence-corrected chi connectivity index (χ1v) is 9.19. The summed E-state index contributed by atoms with van der Waals surface area (Å²) in [5, 5.41) is 9.78. The maximum Gasteiger partial charge on any atom is 0.270 e. The van der Waals surface area contributed by atoms with E-state index in [-0.39, 0.29) is 5.56 Å². The van der Waals surface area contributed by atoms with Gasteiger partial charge in [-0.1, -0.05) is 30.0 Å². The van der Waals surface area contributed by atoms with Crippen LogP contribution in [0.2, 0.25) is 0 Å². The molecule has 0 amide bonds. The van der Waals surface area contributed by atoms with E-state index in [9.17, 15) is 10.1 Å². The Bertz CT molecular complexity index is 996. The van der Waals surface area contributed by atoms with E-state index in [0.29, 0.717) is 34.5 Å². The lowest BCUT2D eigenvalue weighted by Gasteiger charge is -2.08. The van der Waals surface area contributed by atoms with Crippen molar-refractivity contribution in [3.05, 3.63) is 70.5 Å². The summed E-state index contributed by atoms with van der Waals surface area (Å²) < 4.78 is 10.8. The second-order valence-corrected chi connectivity index (χ2v) is 6.53. The Morgan fingerprint density at radius 1 is 1.11 bits per heavy atom. The molecule has 0 radical (unpaired) electrons. The first-order chi connectivity index (χ1) is 13.2. The van der Waals surface area contributed by atoms with E-state index in [0.717, 1.165) is 5.75 Å². The zero-order valence-electron chi connectivity index (χ0n) is 14.6. The number of benzene rings is 2. The molecule has 1 N–H and O–H groups in total. The third-order valence-electron chi connectivity index (χ3n) is 3.71. The monoisotopic (exact) mass is 379 g/mol. The van der Waals surface area contributed by atoms with Gasteiger partial charge in [0.2, 0.25) is 0 Å². The first kappa shape index (κ1) is 18.5. The predicted octanol–water partition coefficient (Wildman–Crippen LogP) is 3.49. The number of hydrogen-bond donors (Lipinski definition) is 1. The van der Waals surface area contributed by atoms with Gasteiger partial charge in [0.25, 0.3) is 5.56 Å². The molecule has 0 saturated carbocycles. The van der Waals surface area contributed by atoms with Gasteiger partial charge >= 0.3 is 0 Å². The molecule has 0 bridgehead atoms. The van der Waals surface area contributed by atoms with Crippen LogP contribution < -0.4 is 15.0 Å². The molecule has 0 spiro atoms. The van der Waals surface area contributed by atoms with Crippen molar-refractivity contribution in [1.29, 1.82) is 5.26 Å². The predicted molar refractivity (Wildman–Crippen MR) is 104 cm³/mol. The van der Waals surface area contributed by atoms with Gasteiger partial charge in [-0.3, -0.25) is 4.79 Å². The molecule has 136 valence electrons.